The molecule has 1 aromatic carbocycles. The van der Waals surface area contributed by atoms with E-state index in [2.05, 4.69) is 14.6 Å². The number of para-hydroxylation sites is 1. The summed E-state index contributed by atoms with van der Waals surface area (Å²) in [5.74, 6) is 0.0420. The largest absolute Gasteiger partial charge is 0.369 e. The Morgan fingerprint density at radius 1 is 1.22 bits per heavy atom. The number of nitrogens with two attached hydrogens (primary N) is 1. The lowest BCUT2D eigenvalue weighted by Gasteiger charge is -2.18. The predicted octanol–water partition coefficient (Wildman–Crippen LogP) is 2.23. The van der Waals surface area contributed by atoms with Gasteiger partial charge in [-0.1, -0.05) is 36.4 Å². The van der Waals surface area contributed by atoms with Crippen molar-refractivity contribution in [2.24, 2.45) is 5.73 Å². The molecule has 7 nitrogen and oxygen atoms in total. The Morgan fingerprint density at radius 2 is 2.00 bits per heavy atom. The van der Waals surface area contributed by atoms with Gasteiger partial charge >= 0.3 is 0 Å². The fraction of sp³-hybridized carbons (Fsp3) is 0.368. The summed E-state index contributed by atoms with van der Waals surface area (Å²) in [6.07, 6.45) is 3.93. The molecule has 3 aliphatic heterocycles. The third-order valence-electron chi connectivity index (χ3n) is 4.85. The van der Waals surface area contributed by atoms with E-state index in [0.29, 0.717) is 22.2 Å². The van der Waals surface area contributed by atoms with E-state index in [9.17, 15) is 9.59 Å². The molecule has 8 heteroatoms. The summed E-state index contributed by atoms with van der Waals surface area (Å²) in [7, 11) is 0. The molecule has 0 aromatic heterocycles. The zero-order valence-electron chi connectivity index (χ0n) is 15.1. The topological polar surface area (TPSA) is 95.8 Å². The second-order valence-electron chi connectivity index (χ2n) is 6.72. The van der Waals surface area contributed by atoms with E-state index in [1.54, 1.807) is 6.92 Å². The number of benzene rings is 1. The van der Waals surface area contributed by atoms with Gasteiger partial charge in [0.25, 0.3) is 5.56 Å². The summed E-state index contributed by atoms with van der Waals surface area (Å²) < 4.78 is 3.49. The number of hydrogen-bond acceptors (Lipinski definition) is 5. The van der Waals surface area contributed by atoms with Crippen LogP contribution in [-0.4, -0.2) is 30.5 Å². The van der Waals surface area contributed by atoms with Crippen molar-refractivity contribution in [3.8, 4) is 17.1 Å². The van der Waals surface area contributed by atoms with Crippen molar-refractivity contribution in [2.45, 2.75) is 49.6 Å². The summed E-state index contributed by atoms with van der Waals surface area (Å²) >= 11 is 1.33. The van der Waals surface area contributed by atoms with Gasteiger partial charge < -0.3 is 10.3 Å². The molecule has 2 N–H and O–H groups in total. The Balaban J connectivity index is 1.93. The van der Waals surface area contributed by atoms with Crippen LogP contribution in [0.2, 0.25) is 0 Å². The second-order valence-corrected chi connectivity index (χ2v) is 8.02. The van der Waals surface area contributed by atoms with E-state index in [0.717, 1.165) is 37.9 Å². The molecule has 0 saturated carbocycles. The van der Waals surface area contributed by atoms with Crippen molar-refractivity contribution in [1.29, 1.82) is 0 Å². The first-order chi connectivity index (χ1) is 13.1. The number of carbonyl (C=O) groups excluding carboxylic acids is 1. The summed E-state index contributed by atoms with van der Waals surface area (Å²) in [5.41, 5.74) is 7.55. The molecular weight excluding hydrogens is 362 g/mol. The number of aromatic nitrogens is 4. The zero-order valence-corrected chi connectivity index (χ0v) is 15.9. The van der Waals surface area contributed by atoms with Gasteiger partial charge in [-0.25, -0.2) is 4.98 Å². The summed E-state index contributed by atoms with van der Waals surface area (Å²) in [6, 6.07) is 9.35. The molecule has 140 valence electrons. The van der Waals surface area contributed by atoms with Crippen LogP contribution in [0.3, 0.4) is 0 Å². The first-order valence-corrected chi connectivity index (χ1v) is 9.98. The van der Waals surface area contributed by atoms with Crippen LogP contribution in [0.5, 0.6) is 0 Å². The van der Waals surface area contributed by atoms with Crippen molar-refractivity contribution in [1.82, 2.24) is 19.3 Å². The predicted molar refractivity (Wildman–Crippen MR) is 104 cm³/mol. The minimum Gasteiger partial charge on any atom is -0.369 e. The highest BCUT2D eigenvalue weighted by atomic mass is 32.2. The molecule has 3 aliphatic rings. The van der Waals surface area contributed by atoms with Gasteiger partial charge in [0.1, 0.15) is 5.56 Å². The molecular formula is C19H21N5O2S. The average molecular weight is 383 g/mol. The Morgan fingerprint density at radius 3 is 2.74 bits per heavy atom. The first-order valence-electron chi connectivity index (χ1n) is 9.10. The van der Waals surface area contributed by atoms with Crippen LogP contribution in [0, 0.1) is 0 Å². The van der Waals surface area contributed by atoms with Gasteiger partial charge in [-0.05, 0) is 38.3 Å². The van der Waals surface area contributed by atoms with Gasteiger partial charge in [-0.3, -0.25) is 9.59 Å². The Hall–Kier alpha value is -2.61. The lowest BCUT2D eigenvalue weighted by atomic mass is 10.1. The molecule has 0 fully saturated rings. The highest BCUT2D eigenvalue weighted by Crippen LogP contribution is 2.31. The number of thioether (sulfide) groups is 1. The van der Waals surface area contributed by atoms with Gasteiger partial charge in [-0.15, -0.1) is 5.10 Å². The number of fused-ring (bicyclic) bond motifs is 3. The van der Waals surface area contributed by atoms with Crippen LogP contribution in [0.4, 0.5) is 0 Å². The highest BCUT2D eigenvalue weighted by Gasteiger charge is 2.28. The van der Waals surface area contributed by atoms with E-state index in [-0.39, 0.29) is 11.5 Å². The minimum atomic E-state index is -0.405. The molecule has 1 atom stereocenters. The minimum absolute atomic E-state index is 0.145. The standard InChI is InChI=1S/C19H21N5O2S/c1-12(16(20)25)27-19-21-17-15(14-10-6-3-7-11-23(14)19)18(26)24(22-17)13-8-4-2-5-9-13/h2,4-5,8-9,12H,3,6-7,10-11H2,1H3,(H2,20,25)/t12-/m1/s1. The van der Waals surface area contributed by atoms with Gasteiger partial charge in [0.05, 0.1) is 10.9 Å². The van der Waals surface area contributed by atoms with Crippen LogP contribution < -0.4 is 11.3 Å². The number of amides is 1. The van der Waals surface area contributed by atoms with Crippen LogP contribution in [-0.2, 0) is 17.8 Å². The smallest absolute Gasteiger partial charge is 0.284 e. The molecule has 0 spiro atoms. The van der Waals surface area contributed by atoms with E-state index >= 15 is 0 Å². The second kappa shape index (κ2) is 7.19. The number of rotatable bonds is 4. The van der Waals surface area contributed by atoms with E-state index in [1.807, 2.05) is 30.3 Å². The van der Waals surface area contributed by atoms with Crippen molar-refractivity contribution >= 4 is 17.7 Å². The van der Waals surface area contributed by atoms with Crippen LogP contribution in [0.1, 0.15) is 31.9 Å². The van der Waals surface area contributed by atoms with E-state index < -0.39 is 5.25 Å². The first kappa shape index (κ1) is 17.8. The highest BCUT2D eigenvalue weighted by molar-refractivity contribution is 8.00. The fourth-order valence-corrected chi connectivity index (χ4v) is 4.30. The summed E-state index contributed by atoms with van der Waals surface area (Å²) in [6.45, 7) is 2.55. The molecule has 0 aliphatic carbocycles. The SMILES string of the molecule is C[C@@H](Sc1nc2nn(-c3ccccc3)c(=O)c-2c2n1CCCCC2)C(N)=O. The summed E-state index contributed by atoms with van der Waals surface area (Å²) in [5, 5.41) is 4.78. The number of carbonyl (C=O) groups is 1. The van der Waals surface area contributed by atoms with E-state index in [4.69, 9.17) is 5.73 Å². The maximum atomic E-state index is 13.1. The number of hydrogen-bond donors (Lipinski definition) is 1. The van der Waals surface area contributed by atoms with Gasteiger partial charge in [0.15, 0.2) is 11.0 Å². The van der Waals surface area contributed by atoms with Crippen LogP contribution >= 0.6 is 11.8 Å². The molecule has 0 bridgehead atoms. The number of primary amides is 1. The molecule has 0 radical (unpaired) electrons. The lowest BCUT2D eigenvalue weighted by Crippen LogP contribution is -2.24. The third kappa shape index (κ3) is 3.25. The molecule has 4 rings (SSSR count). The fourth-order valence-electron chi connectivity index (χ4n) is 3.40. The quantitative estimate of drug-likeness (QED) is 0.550. The third-order valence-corrected chi connectivity index (χ3v) is 5.96. The lowest BCUT2D eigenvalue weighted by molar-refractivity contribution is -0.117. The normalized spacial score (nSPS) is 15.3. The Bertz CT molecular complexity index is 1010. The maximum absolute atomic E-state index is 13.1. The van der Waals surface area contributed by atoms with Gasteiger partial charge in [-0.2, -0.15) is 4.68 Å². The molecule has 3 heterocycles. The van der Waals surface area contributed by atoms with Crippen molar-refractivity contribution in [3.05, 3.63) is 46.4 Å². The summed E-state index contributed by atoms with van der Waals surface area (Å²) in [4.78, 5) is 29.3. The van der Waals surface area contributed by atoms with Crippen molar-refractivity contribution in [2.75, 3.05) is 0 Å². The Labute approximate surface area is 160 Å². The van der Waals surface area contributed by atoms with Crippen molar-refractivity contribution in [3.63, 3.8) is 0 Å². The molecule has 0 unspecified atom stereocenters. The van der Waals surface area contributed by atoms with Crippen molar-refractivity contribution < 1.29 is 4.79 Å². The van der Waals surface area contributed by atoms with Crippen LogP contribution in [0.25, 0.3) is 17.1 Å². The number of nitrogens with zero attached hydrogens (tertiary/aromatic N) is 4. The van der Waals surface area contributed by atoms with E-state index in [1.165, 1.54) is 16.4 Å². The Kier molecular flexibility index (Phi) is 4.73. The average Bonchev–Trinajstić information content (AvgIpc) is 2.84. The molecule has 1 aromatic rings. The molecule has 27 heavy (non-hydrogen) atoms. The van der Waals surface area contributed by atoms with Gasteiger partial charge in [0.2, 0.25) is 5.91 Å². The maximum Gasteiger partial charge on any atom is 0.284 e. The van der Waals surface area contributed by atoms with Crippen LogP contribution in [0.15, 0.2) is 40.3 Å². The molecule has 0 saturated heterocycles. The molecule has 1 amide bonds. The zero-order chi connectivity index (χ0) is 19.0. The van der Waals surface area contributed by atoms with Gasteiger partial charge in [0, 0.05) is 12.2 Å². The monoisotopic (exact) mass is 383 g/mol.